The third-order valence-electron chi connectivity index (χ3n) is 5.32. The van der Waals surface area contributed by atoms with Gasteiger partial charge in [-0.2, -0.15) is 5.10 Å². The summed E-state index contributed by atoms with van der Waals surface area (Å²) >= 11 is 0. The van der Waals surface area contributed by atoms with Gasteiger partial charge in [-0.25, -0.2) is 4.39 Å². The van der Waals surface area contributed by atoms with E-state index in [1.54, 1.807) is 36.1 Å². The fourth-order valence-corrected chi connectivity index (χ4v) is 3.83. The first-order valence-corrected chi connectivity index (χ1v) is 9.62. The molecule has 0 spiro atoms. The Labute approximate surface area is 163 Å². The number of rotatable bonds is 5. The number of hydrogen-bond acceptors (Lipinski definition) is 3. The maximum atomic E-state index is 13.4. The van der Waals surface area contributed by atoms with Gasteiger partial charge in [0, 0.05) is 24.8 Å². The minimum atomic E-state index is -0.293. The minimum Gasteiger partial charge on any atom is -0.328 e. The van der Waals surface area contributed by atoms with Gasteiger partial charge in [-0.3, -0.25) is 14.5 Å². The summed E-state index contributed by atoms with van der Waals surface area (Å²) in [7, 11) is 1.77. The average molecular weight is 378 g/mol. The lowest BCUT2D eigenvalue weighted by atomic mass is 10.1. The number of benzene rings is 1. The summed E-state index contributed by atoms with van der Waals surface area (Å²) in [4.78, 5) is 19.8. The van der Waals surface area contributed by atoms with Crippen molar-refractivity contribution in [2.75, 3.05) is 0 Å². The molecule has 0 N–H and O–H groups in total. The van der Waals surface area contributed by atoms with E-state index >= 15 is 0 Å². The van der Waals surface area contributed by atoms with Crippen LogP contribution in [-0.2, 0) is 13.6 Å². The van der Waals surface area contributed by atoms with Crippen LogP contribution in [0, 0.1) is 5.82 Å². The zero-order chi connectivity index (χ0) is 19.5. The first-order valence-electron chi connectivity index (χ1n) is 9.62. The number of nitrogens with zero attached hydrogens (tertiary/aromatic N) is 4. The molecule has 2 aromatic heterocycles. The average Bonchev–Trinajstić information content (AvgIpc) is 3.37. The van der Waals surface area contributed by atoms with E-state index in [9.17, 15) is 9.18 Å². The lowest BCUT2D eigenvalue weighted by molar-refractivity contribution is 0.0650. The van der Waals surface area contributed by atoms with Gasteiger partial charge < -0.3 is 4.90 Å². The summed E-state index contributed by atoms with van der Waals surface area (Å²) in [5.41, 5.74) is 2.86. The lowest BCUT2D eigenvalue weighted by Gasteiger charge is -2.28. The van der Waals surface area contributed by atoms with Crippen molar-refractivity contribution >= 4 is 5.91 Å². The fraction of sp³-hybridized carbons (Fsp3) is 0.318. The Morgan fingerprint density at radius 1 is 1.18 bits per heavy atom. The topological polar surface area (TPSA) is 51.0 Å². The molecule has 5 nitrogen and oxygen atoms in total. The number of amides is 1. The van der Waals surface area contributed by atoms with Crippen molar-refractivity contribution in [1.29, 1.82) is 0 Å². The van der Waals surface area contributed by atoms with Crippen LogP contribution in [0.3, 0.4) is 0 Å². The summed E-state index contributed by atoms with van der Waals surface area (Å²) in [5.74, 6) is -0.334. The van der Waals surface area contributed by atoms with Crippen molar-refractivity contribution in [2.45, 2.75) is 38.3 Å². The van der Waals surface area contributed by atoms with Crippen LogP contribution in [0.2, 0.25) is 0 Å². The number of pyridine rings is 1. The molecular weight excluding hydrogens is 355 g/mol. The van der Waals surface area contributed by atoms with E-state index in [4.69, 9.17) is 0 Å². The van der Waals surface area contributed by atoms with Gasteiger partial charge >= 0.3 is 0 Å². The third kappa shape index (κ3) is 3.81. The van der Waals surface area contributed by atoms with Crippen LogP contribution in [0.15, 0.2) is 54.7 Å². The van der Waals surface area contributed by atoms with Crippen molar-refractivity contribution in [2.24, 2.45) is 7.05 Å². The highest BCUT2D eigenvalue weighted by Gasteiger charge is 2.29. The number of aryl methyl sites for hydroxylation is 1. The number of carbonyl (C=O) groups excluding carboxylic acids is 1. The Kier molecular flexibility index (Phi) is 5.19. The van der Waals surface area contributed by atoms with Crippen LogP contribution in [0.5, 0.6) is 0 Å². The standard InChI is InChI=1S/C22H23FN4O/c1-26-21(14-20(25-26)16-9-11-17(23)12-10-16)22(28)27(19-7-2-3-8-19)15-18-6-4-5-13-24-18/h4-6,9-14,19H,2-3,7-8,15H2,1H3. The first kappa shape index (κ1) is 18.3. The molecule has 1 fully saturated rings. The molecule has 3 aromatic rings. The van der Waals surface area contributed by atoms with Crippen molar-refractivity contribution in [3.63, 3.8) is 0 Å². The van der Waals surface area contributed by atoms with Gasteiger partial charge in [-0.15, -0.1) is 0 Å². The third-order valence-corrected chi connectivity index (χ3v) is 5.32. The molecule has 0 saturated heterocycles. The Morgan fingerprint density at radius 2 is 1.93 bits per heavy atom. The molecule has 4 rings (SSSR count). The zero-order valence-electron chi connectivity index (χ0n) is 15.9. The molecule has 0 bridgehead atoms. The minimum absolute atomic E-state index is 0.0408. The van der Waals surface area contributed by atoms with E-state index < -0.39 is 0 Å². The van der Waals surface area contributed by atoms with Crippen LogP contribution < -0.4 is 0 Å². The van der Waals surface area contributed by atoms with E-state index in [1.807, 2.05) is 23.1 Å². The monoisotopic (exact) mass is 378 g/mol. The summed E-state index contributed by atoms with van der Waals surface area (Å²) in [5, 5.41) is 4.48. The van der Waals surface area contributed by atoms with Crippen molar-refractivity contribution in [3.05, 3.63) is 71.9 Å². The van der Waals surface area contributed by atoms with Crippen LogP contribution in [0.4, 0.5) is 4.39 Å². The van der Waals surface area contributed by atoms with E-state index in [0.29, 0.717) is 17.9 Å². The van der Waals surface area contributed by atoms with E-state index in [1.165, 1.54) is 12.1 Å². The molecule has 0 radical (unpaired) electrons. The molecule has 0 atom stereocenters. The smallest absolute Gasteiger partial charge is 0.272 e. The Balaban J connectivity index is 1.63. The molecular formula is C22H23FN4O. The molecule has 0 unspecified atom stereocenters. The molecule has 1 saturated carbocycles. The van der Waals surface area contributed by atoms with Gasteiger partial charge in [0.15, 0.2) is 0 Å². The summed E-state index contributed by atoms with van der Waals surface area (Å²) in [6.07, 6.45) is 6.07. The number of carbonyl (C=O) groups is 1. The highest BCUT2D eigenvalue weighted by Crippen LogP contribution is 2.27. The molecule has 6 heteroatoms. The Bertz CT molecular complexity index is 946. The molecule has 144 valence electrons. The van der Waals surface area contributed by atoms with Gasteiger partial charge in [-0.05, 0) is 55.3 Å². The van der Waals surface area contributed by atoms with E-state index in [-0.39, 0.29) is 17.8 Å². The normalized spacial score (nSPS) is 14.4. The van der Waals surface area contributed by atoms with Crippen LogP contribution in [0.25, 0.3) is 11.3 Å². The number of aromatic nitrogens is 3. The predicted molar refractivity (Wildman–Crippen MR) is 105 cm³/mol. The van der Waals surface area contributed by atoms with Crippen LogP contribution in [0.1, 0.15) is 41.9 Å². The molecule has 1 amide bonds. The number of hydrogen-bond donors (Lipinski definition) is 0. The van der Waals surface area contributed by atoms with Crippen molar-refractivity contribution in [3.8, 4) is 11.3 Å². The maximum Gasteiger partial charge on any atom is 0.272 e. The largest absolute Gasteiger partial charge is 0.328 e. The van der Waals surface area contributed by atoms with E-state index in [0.717, 1.165) is 36.9 Å². The quantitative estimate of drug-likeness (QED) is 0.668. The Morgan fingerprint density at radius 3 is 2.61 bits per heavy atom. The van der Waals surface area contributed by atoms with Gasteiger partial charge in [0.1, 0.15) is 11.5 Å². The molecule has 1 aliphatic rings. The second kappa shape index (κ2) is 7.92. The number of halogens is 1. The summed E-state index contributed by atoms with van der Waals surface area (Å²) in [6, 6.07) is 13.9. The van der Waals surface area contributed by atoms with Gasteiger partial charge in [-0.1, -0.05) is 18.9 Å². The molecule has 0 aliphatic heterocycles. The van der Waals surface area contributed by atoms with Gasteiger partial charge in [0.05, 0.1) is 17.9 Å². The first-order chi connectivity index (χ1) is 13.6. The zero-order valence-corrected chi connectivity index (χ0v) is 15.9. The van der Waals surface area contributed by atoms with Crippen LogP contribution >= 0.6 is 0 Å². The highest BCUT2D eigenvalue weighted by molar-refractivity contribution is 5.94. The van der Waals surface area contributed by atoms with Crippen molar-refractivity contribution in [1.82, 2.24) is 19.7 Å². The van der Waals surface area contributed by atoms with Gasteiger partial charge in [0.2, 0.25) is 0 Å². The summed E-state index contributed by atoms with van der Waals surface area (Å²) in [6.45, 7) is 0.488. The highest BCUT2D eigenvalue weighted by atomic mass is 19.1. The molecule has 28 heavy (non-hydrogen) atoms. The maximum absolute atomic E-state index is 13.4. The second-order valence-corrected chi connectivity index (χ2v) is 7.24. The lowest BCUT2D eigenvalue weighted by Crippen LogP contribution is -2.39. The van der Waals surface area contributed by atoms with Crippen LogP contribution in [-0.4, -0.2) is 31.6 Å². The van der Waals surface area contributed by atoms with Gasteiger partial charge in [0.25, 0.3) is 5.91 Å². The van der Waals surface area contributed by atoms with Crippen molar-refractivity contribution < 1.29 is 9.18 Å². The summed E-state index contributed by atoms with van der Waals surface area (Å²) < 4.78 is 14.8. The molecule has 1 aliphatic carbocycles. The predicted octanol–water partition coefficient (Wildman–Crippen LogP) is 4.21. The molecule has 2 heterocycles. The Hall–Kier alpha value is -3.02. The molecule has 1 aromatic carbocycles. The SMILES string of the molecule is Cn1nc(-c2ccc(F)cc2)cc1C(=O)N(Cc1ccccn1)C1CCCC1. The fourth-order valence-electron chi connectivity index (χ4n) is 3.83. The van der Waals surface area contributed by atoms with E-state index in [2.05, 4.69) is 10.1 Å². The second-order valence-electron chi connectivity index (χ2n) is 7.24.